The van der Waals surface area contributed by atoms with E-state index in [9.17, 15) is 15.2 Å². The smallest absolute Gasteiger partial charge is 0.326 e. The number of pyridine rings is 1. The number of aromatic nitrogens is 1. The Balaban J connectivity index is 2.05. The summed E-state index contributed by atoms with van der Waals surface area (Å²) in [4.78, 5) is 17.6. The monoisotopic (exact) mass is 257 g/mol. The van der Waals surface area contributed by atoms with E-state index < -0.39 is 12.0 Å². The molecule has 3 rings (SSSR count). The molecule has 98 valence electrons. The normalized spacial score (nSPS) is 21.2. The fourth-order valence-electron chi connectivity index (χ4n) is 3.04. The first-order valence-corrected chi connectivity index (χ1v) is 6.63. The van der Waals surface area contributed by atoms with Gasteiger partial charge >= 0.3 is 5.97 Å². The molecular formula is C14H15N3O2. The topological polar surface area (TPSA) is 77.2 Å². The van der Waals surface area contributed by atoms with Crippen LogP contribution in [0.3, 0.4) is 0 Å². The van der Waals surface area contributed by atoms with Crippen LogP contribution in [0.1, 0.15) is 36.1 Å². The molecule has 0 bridgehead atoms. The van der Waals surface area contributed by atoms with Crippen LogP contribution in [-0.4, -0.2) is 28.6 Å². The fraction of sp³-hybridized carbons (Fsp3) is 0.500. The van der Waals surface area contributed by atoms with Gasteiger partial charge in [-0.1, -0.05) is 0 Å². The van der Waals surface area contributed by atoms with Gasteiger partial charge in [-0.3, -0.25) is 0 Å². The van der Waals surface area contributed by atoms with Crippen LogP contribution in [0, 0.1) is 11.3 Å². The van der Waals surface area contributed by atoms with E-state index >= 15 is 0 Å². The van der Waals surface area contributed by atoms with Crippen LogP contribution in [0.15, 0.2) is 6.07 Å². The van der Waals surface area contributed by atoms with Crippen LogP contribution in [0.5, 0.6) is 0 Å². The maximum Gasteiger partial charge on any atom is 0.326 e. The Morgan fingerprint density at radius 1 is 1.47 bits per heavy atom. The molecule has 5 heteroatoms. The van der Waals surface area contributed by atoms with Crippen LogP contribution in [0.2, 0.25) is 0 Å². The molecule has 0 aromatic carbocycles. The highest BCUT2D eigenvalue weighted by atomic mass is 16.4. The Morgan fingerprint density at radius 3 is 3.05 bits per heavy atom. The zero-order valence-corrected chi connectivity index (χ0v) is 10.6. The summed E-state index contributed by atoms with van der Waals surface area (Å²) in [6.07, 6.45) is 4.43. The van der Waals surface area contributed by atoms with Gasteiger partial charge in [0.2, 0.25) is 0 Å². The van der Waals surface area contributed by atoms with E-state index in [2.05, 4.69) is 11.1 Å². The Kier molecular flexibility index (Phi) is 2.86. The van der Waals surface area contributed by atoms with Crippen LogP contribution in [0.25, 0.3) is 0 Å². The highest BCUT2D eigenvalue weighted by Crippen LogP contribution is 2.31. The average Bonchev–Trinajstić information content (AvgIpc) is 3.05. The summed E-state index contributed by atoms with van der Waals surface area (Å²) in [5.74, 6) is -0.267. The molecule has 5 nitrogen and oxygen atoms in total. The standard InChI is InChI=1S/C14H15N3O2/c15-8-10-7-9-3-1-4-11(9)16-13(10)17-6-2-5-12(17)14(18)19/h7,12H,1-6H2,(H,18,19). The van der Waals surface area contributed by atoms with Crippen molar-refractivity contribution in [3.8, 4) is 6.07 Å². The number of hydrogen-bond donors (Lipinski definition) is 1. The van der Waals surface area contributed by atoms with Crippen molar-refractivity contribution >= 4 is 11.8 Å². The molecule has 19 heavy (non-hydrogen) atoms. The predicted molar refractivity (Wildman–Crippen MR) is 69.0 cm³/mol. The quantitative estimate of drug-likeness (QED) is 0.868. The lowest BCUT2D eigenvalue weighted by atomic mass is 10.1. The van der Waals surface area contributed by atoms with Crippen molar-refractivity contribution in [2.24, 2.45) is 0 Å². The molecule has 0 radical (unpaired) electrons. The molecule has 0 amide bonds. The molecule has 1 aliphatic carbocycles. The maximum atomic E-state index is 11.3. The molecular weight excluding hydrogens is 242 g/mol. The van der Waals surface area contributed by atoms with Crippen molar-refractivity contribution in [2.75, 3.05) is 11.4 Å². The van der Waals surface area contributed by atoms with Crippen LogP contribution >= 0.6 is 0 Å². The van der Waals surface area contributed by atoms with Crippen molar-refractivity contribution in [1.82, 2.24) is 4.98 Å². The Labute approximate surface area is 111 Å². The van der Waals surface area contributed by atoms with Gasteiger partial charge < -0.3 is 10.0 Å². The van der Waals surface area contributed by atoms with Gasteiger partial charge in [0.15, 0.2) is 0 Å². The van der Waals surface area contributed by atoms with Crippen molar-refractivity contribution < 1.29 is 9.90 Å². The lowest BCUT2D eigenvalue weighted by molar-refractivity contribution is -0.138. The number of carboxylic acids is 1. The molecule has 2 heterocycles. The Hall–Kier alpha value is -2.09. The highest BCUT2D eigenvalue weighted by Gasteiger charge is 2.33. The predicted octanol–water partition coefficient (Wildman–Crippen LogP) is 1.50. The third kappa shape index (κ3) is 1.93. The van der Waals surface area contributed by atoms with Gasteiger partial charge in [-0.15, -0.1) is 0 Å². The van der Waals surface area contributed by atoms with Gasteiger partial charge in [0.1, 0.15) is 17.9 Å². The molecule has 1 unspecified atom stereocenters. The van der Waals surface area contributed by atoms with E-state index in [0.29, 0.717) is 24.3 Å². The first-order valence-electron chi connectivity index (χ1n) is 6.63. The average molecular weight is 257 g/mol. The number of nitrogens with zero attached hydrogens (tertiary/aromatic N) is 3. The third-order valence-corrected chi connectivity index (χ3v) is 3.96. The molecule has 1 aromatic rings. The minimum absolute atomic E-state index is 0.508. The Morgan fingerprint density at radius 2 is 2.32 bits per heavy atom. The second kappa shape index (κ2) is 4.54. The van der Waals surface area contributed by atoms with Gasteiger partial charge in [0, 0.05) is 12.2 Å². The van der Waals surface area contributed by atoms with Crippen molar-refractivity contribution in [3.05, 3.63) is 22.9 Å². The summed E-state index contributed by atoms with van der Waals surface area (Å²) in [6, 6.07) is 3.51. The van der Waals surface area contributed by atoms with E-state index in [1.165, 1.54) is 0 Å². The number of anilines is 1. The number of carboxylic acid groups (broad SMARTS) is 1. The molecule has 1 N–H and O–H groups in total. The number of fused-ring (bicyclic) bond motifs is 1. The SMILES string of the molecule is N#Cc1cc2c(nc1N1CCCC1C(=O)O)CCC2. The number of nitriles is 1. The molecule has 1 atom stereocenters. The molecule has 1 aliphatic heterocycles. The van der Waals surface area contributed by atoms with Crippen LogP contribution in [-0.2, 0) is 17.6 Å². The minimum atomic E-state index is -0.830. The molecule has 1 fully saturated rings. The second-order valence-electron chi connectivity index (χ2n) is 5.12. The van der Waals surface area contributed by atoms with Crippen molar-refractivity contribution in [2.45, 2.75) is 38.1 Å². The van der Waals surface area contributed by atoms with Crippen molar-refractivity contribution in [1.29, 1.82) is 5.26 Å². The first-order chi connectivity index (χ1) is 9.20. The number of aryl methyl sites for hydroxylation is 2. The molecule has 1 saturated heterocycles. The summed E-state index contributed by atoms with van der Waals surface area (Å²) in [5, 5.41) is 18.5. The lowest BCUT2D eigenvalue weighted by Crippen LogP contribution is -2.37. The fourth-order valence-corrected chi connectivity index (χ4v) is 3.04. The number of hydrogen-bond acceptors (Lipinski definition) is 4. The van der Waals surface area contributed by atoms with Gasteiger partial charge in [-0.2, -0.15) is 5.26 Å². The molecule has 1 aromatic heterocycles. The van der Waals surface area contributed by atoms with Crippen molar-refractivity contribution in [3.63, 3.8) is 0 Å². The van der Waals surface area contributed by atoms with Crippen LogP contribution in [0.4, 0.5) is 5.82 Å². The zero-order valence-electron chi connectivity index (χ0n) is 10.6. The van der Waals surface area contributed by atoms with Gasteiger partial charge in [-0.25, -0.2) is 9.78 Å². The minimum Gasteiger partial charge on any atom is -0.480 e. The summed E-state index contributed by atoms with van der Waals surface area (Å²) >= 11 is 0. The summed E-state index contributed by atoms with van der Waals surface area (Å²) in [5.41, 5.74) is 2.69. The van der Waals surface area contributed by atoms with E-state index in [1.807, 2.05) is 6.07 Å². The number of aliphatic carboxylic acids is 1. The zero-order chi connectivity index (χ0) is 13.4. The molecule has 2 aliphatic rings. The van der Waals surface area contributed by atoms with Gasteiger partial charge in [0.25, 0.3) is 0 Å². The van der Waals surface area contributed by atoms with E-state index in [-0.39, 0.29) is 0 Å². The van der Waals surface area contributed by atoms with E-state index in [1.54, 1.807) is 4.90 Å². The summed E-state index contributed by atoms with van der Waals surface area (Å²) < 4.78 is 0. The molecule has 0 spiro atoms. The Bertz CT molecular complexity index is 577. The number of carbonyl (C=O) groups is 1. The van der Waals surface area contributed by atoms with Gasteiger partial charge in [-0.05, 0) is 43.7 Å². The highest BCUT2D eigenvalue weighted by molar-refractivity contribution is 5.79. The van der Waals surface area contributed by atoms with Crippen LogP contribution < -0.4 is 4.90 Å². The first kappa shape index (κ1) is 12.0. The van der Waals surface area contributed by atoms with Gasteiger partial charge in [0.05, 0.1) is 5.56 Å². The summed E-state index contributed by atoms with van der Waals surface area (Å²) in [6.45, 7) is 0.664. The maximum absolute atomic E-state index is 11.3. The number of rotatable bonds is 2. The largest absolute Gasteiger partial charge is 0.480 e. The lowest BCUT2D eigenvalue weighted by Gasteiger charge is -2.24. The van der Waals surface area contributed by atoms with E-state index in [0.717, 1.165) is 36.9 Å². The third-order valence-electron chi connectivity index (χ3n) is 3.96. The second-order valence-corrected chi connectivity index (χ2v) is 5.12. The molecule has 0 saturated carbocycles. The van der Waals surface area contributed by atoms with E-state index in [4.69, 9.17) is 0 Å². The summed E-state index contributed by atoms with van der Waals surface area (Å²) in [7, 11) is 0.